The second kappa shape index (κ2) is 6.60. The third kappa shape index (κ3) is 3.74. The Labute approximate surface area is 133 Å². The highest BCUT2D eigenvalue weighted by molar-refractivity contribution is 5.35. The molecule has 0 radical (unpaired) electrons. The topological polar surface area (TPSA) is 41.5 Å². The molecule has 2 aliphatic rings. The third-order valence-electron chi connectivity index (χ3n) is 4.57. The predicted octanol–water partition coefficient (Wildman–Crippen LogP) is 2.18. The lowest BCUT2D eigenvalue weighted by Crippen LogP contribution is -2.40. The van der Waals surface area contributed by atoms with Crippen LogP contribution in [0.2, 0.25) is 0 Å². The molecule has 3 heterocycles. The molecule has 5 nitrogen and oxygen atoms in total. The number of ether oxygens (including phenoxy) is 1. The Kier molecular flexibility index (Phi) is 4.72. The van der Waals surface area contributed by atoms with Gasteiger partial charge in [-0.25, -0.2) is 9.97 Å². The molecule has 0 N–H and O–H groups in total. The Morgan fingerprint density at radius 1 is 1.30 bits per heavy atom. The van der Waals surface area contributed by atoms with Gasteiger partial charge in [0.15, 0.2) is 0 Å². The first-order valence-corrected chi connectivity index (χ1v) is 7.89. The van der Waals surface area contributed by atoms with E-state index in [0.29, 0.717) is 6.54 Å². The largest absolute Gasteiger partial charge is 0.433 e. The molecular weight excluding hydrogens is 309 g/mol. The van der Waals surface area contributed by atoms with E-state index in [2.05, 4.69) is 14.9 Å². The number of aromatic nitrogens is 2. The van der Waals surface area contributed by atoms with Crippen molar-refractivity contribution in [3.05, 3.63) is 18.0 Å². The number of hydrogen-bond donors (Lipinski definition) is 0. The van der Waals surface area contributed by atoms with Crippen molar-refractivity contribution in [3.8, 4) is 0 Å². The molecule has 0 aliphatic carbocycles. The third-order valence-corrected chi connectivity index (χ3v) is 4.57. The molecule has 23 heavy (non-hydrogen) atoms. The van der Waals surface area contributed by atoms with Crippen molar-refractivity contribution in [1.29, 1.82) is 0 Å². The fourth-order valence-electron chi connectivity index (χ4n) is 3.37. The lowest BCUT2D eigenvalue weighted by atomic mass is 10.2. The second-order valence-electron chi connectivity index (χ2n) is 6.15. The average molecular weight is 330 g/mol. The minimum atomic E-state index is -4.46. The number of alkyl halides is 3. The molecule has 0 unspecified atom stereocenters. The Morgan fingerprint density at radius 3 is 2.70 bits per heavy atom. The van der Waals surface area contributed by atoms with Crippen LogP contribution in [0.5, 0.6) is 0 Å². The van der Waals surface area contributed by atoms with E-state index in [4.69, 9.17) is 4.74 Å². The van der Waals surface area contributed by atoms with Gasteiger partial charge in [-0.1, -0.05) is 0 Å². The van der Waals surface area contributed by atoms with Crippen LogP contribution in [0.25, 0.3) is 0 Å². The van der Waals surface area contributed by atoms with E-state index in [1.165, 1.54) is 19.0 Å². The summed E-state index contributed by atoms with van der Waals surface area (Å²) < 4.78 is 44.1. The summed E-state index contributed by atoms with van der Waals surface area (Å²) in [6, 6.07) is 0.990. The molecule has 0 saturated carbocycles. The van der Waals surface area contributed by atoms with Crippen molar-refractivity contribution < 1.29 is 17.9 Å². The molecule has 1 aromatic heterocycles. The van der Waals surface area contributed by atoms with Crippen molar-refractivity contribution in [3.63, 3.8) is 0 Å². The maximum atomic E-state index is 12.9. The fourth-order valence-corrected chi connectivity index (χ4v) is 3.37. The molecular formula is C15H21F3N4O. The number of likely N-dealkylation sites (tertiary alicyclic amines) is 1. The molecule has 8 heteroatoms. The normalized spacial score (nSPS) is 26.2. The van der Waals surface area contributed by atoms with Gasteiger partial charge in [0.1, 0.15) is 5.69 Å². The Bertz CT molecular complexity index is 534. The van der Waals surface area contributed by atoms with Crippen molar-refractivity contribution in [2.75, 3.05) is 38.2 Å². The zero-order valence-corrected chi connectivity index (χ0v) is 13.1. The van der Waals surface area contributed by atoms with E-state index in [9.17, 15) is 13.2 Å². The van der Waals surface area contributed by atoms with Gasteiger partial charge in [-0.05, 0) is 38.4 Å². The van der Waals surface area contributed by atoms with Crippen LogP contribution in [0.3, 0.4) is 0 Å². The summed E-state index contributed by atoms with van der Waals surface area (Å²) in [6.45, 7) is 3.44. The van der Waals surface area contributed by atoms with Gasteiger partial charge >= 0.3 is 6.18 Å². The van der Waals surface area contributed by atoms with Gasteiger partial charge in [0.05, 0.1) is 6.10 Å². The highest BCUT2D eigenvalue weighted by atomic mass is 19.4. The maximum absolute atomic E-state index is 12.9. The maximum Gasteiger partial charge on any atom is 0.433 e. The van der Waals surface area contributed by atoms with Gasteiger partial charge in [0.2, 0.25) is 5.95 Å². The first kappa shape index (κ1) is 16.4. The summed E-state index contributed by atoms with van der Waals surface area (Å²) >= 11 is 0. The highest BCUT2D eigenvalue weighted by Crippen LogP contribution is 2.30. The molecule has 2 fully saturated rings. The molecule has 3 rings (SSSR count). The van der Waals surface area contributed by atoms with E-state index in [0.717, 1.165) is 32.1 Å². The van der Waals surface area contributed by atoms with Crippen molar-refractivity contribution in [2.45, 2.75) is 37.6 Å². The van der Waals surface area contributed by atoms with Crippen molar-refractivity contribution in [2.24, 2.45) is 0 Å². The van der Waals surface area contributed by atoms with E-state index in [1.807, 2.05) is 4.90 Å². The van der Waals surface area contributed by atoms with Gasteiger partial charge in [0.25, 0.3) is 0 Å². The second-order valence-corrected chi connectivity index (χ2v) is 6.15. The molecule has 2 atom stereocenters. The van der Waals surface area contributed by atoms with Gasteiger partial charge in [-0.2, -0.15) is 13.2 Å². The molecule has 0 aromatic carbocycles. The van der Waals surface area contributed by atoms with Crippen molar-refractivity contribution >= 4 is 5.95 Å². The van der Waals surface area contributed by atoms with Gasteiger partial charge in [0, 0.05) is 32.4 Å². The Balaban J connectivity index is 1.80. The monoisotopic (exact) mass is 330 g/mol. The first-order valence-electron chi connectivity index (χ1n) is 7.89. The summed E-state index contributed by atoms with van der Waals surface area (Å²) in [5.41, 5.74) is -0.900. The number of nitrogens with zero attached hydrogens (tertiary/aromatic N) is 4. The Morgan fingerprint density at radius 2 is 2.04 bits per heavy atom. The summed E-state index contributed by atoms with van der Waals surface area (Å²) in [5, 5.41) is 0. The Hall–Kier alpha value is -1.41. The minimum absolute atomic E-state index is 0.000691. The van der Waals surface area contributed by atoms with Crippen LogP contribution in [0.4, 0.5) is 19.1 Å². The highest BCUT2D eigenvalue weighted by Gasteiger charge is 2.37. The SMILES string of the molecule is CO[C@H]1C[C@@H](CN2CCCC2)N(c2nccc(C(F)(F)F)n2)C1. The van der Waals surface area contributed by atoms with E-state index >= 15 is 0 Å². The minimum Gasteiger partial charge on any atom is -0.380 e. The number of rotatable bonds is 4. The molecule has 1 aromatic rings. The van der Waals surface area contributed by atoms with Crippen LogP contribution < -0.4 is 4.90 Å². The first-order chi connectivity index (χ1) is 11.0. The smallest absolute Gasteiger partial charge is 0.380 e. The zero-order valence-electron chi connectivity index (χ0n) is 13.1. The number of hydrogen-bond acceptors (Lipinski definition) is 5. The molecule has 2 saturated heterocycles. The van der Waals surface area contributed by atoms with E-state index in [-0.39, 0.29) is 18.1 Å². The lowest BCUT2D eigenvalue weighted by Gasteiger charge is -2.28. The predicted molar refractivity (Wildman–Crippen MR) is 79.3 cm³/mol. The standard InChI is InChI=1S/C15H21F3N4O/c1-23-12-8-11(9-21-6-2-3-7-21)22(10-12)14-19-5-4-13(20-14)15(16,17)18/h4-5,11-12H,2-3,6-10H2,1H3/t11-,12-/m0/s1. The summed E-state index contributed by atoms with van der Waals surface area (Å²) in [4.78, 5) is 12.0. The van der Waals surface area contributed by atoms with E-state index in [1.54, 1.807) is 7.11 Å². The molecule has 128 valence electrons. The van der Waals surface area contributed by atoms with Crippen LogP contribution in [-0.2, 0) is 10.9 Å². The molecule has 0 spiro atoms. The van der Waals surface area contributed by atoms with Gasteiger partial charge in [-0.15, -0.1) is 0 Å². The number of anilines is 1. The average Bonchev–Trinajstić information content (AvgIpc) is 3.16. The number of methoxy groups -OCH3 is 1. The van der Waals surface area contributed by atoms with Gasteiger partial charge in [-0.3, -0.25) is 0 Å². The fraction of sp³-hybridized carbons (Fsp3) is 0.733. The quantitative estimate of drug-likeness (QED) is 0.846. The van der Waals surface area contributed by atoms with Crippen molar-refractivity contribution in [1.82, 2.24) is 14.9 Å². The van der Waals surface area contributed by atoms with Crippen LogP contribution in [0.1, 0.15) is 25.0 Å². The lowest BCUT2D eigenvalue weighted by molar-refractivity contribution is -0.141. The summed E-state index contributed by atoms with van der Waals surface area (Å²) in [5.74, 6) is 0.142. The van der Waals surface area contributed by atoms with E-state index < -0.39 is 11.9 Å². The molecule has 0 bridgehead atoms. The van der Waals surface area contributed by atoms with Crippen LogP contribution >= 0.6 is 0 Å². The zero-order chi connectivity index (χ0) is 16.4. The van der Waals surface area contributed by atoms with Crippen LogP contribution in [-0.4, -0.2) is 60.3 Å². The molecule has 2 aliphatic heterocycles. The summed E-state index contributed by atoms with van der Waals surface area (Å²) in [7, 11) is 1.63. The number of halogens is 3. The van der Waals surface area contributed by atoms with Gasteiger partial charge < -0.3 is 14.5 Å². The van der Waals surface area contributed by atoms with Crippen LogP contribution in [0, 0.1) is 0 Å². The molecule has 0 amide bonds. The van der Waals surface area contributed by atoms with Crippen LogP contribution in [0.15, 0.2) is 12.3 Å². The summed E-state index contributed by atoms with van der Waals surface area (Å²) in [6.07, 6.45) is -0.130.